The molecule has 4 rings (SSSR count). The van der Waals surface area contributed by atoms with E-state index >= 15 is 0 Å². The molecule has 1 aliphatic heterocycles. The predicted molar refractivity (Wildman–Crippen MR) is 100 cm³/mol. The van der Waals surface area contributed by atoms with Crippen LogP contribution in [-0.4, -0.2) is 39.6 Å². The first-order valence-electron chi connectivity index (χ1n) is 8.95. The average molecular weight is 347 g/mol. The fourth-order valence-electron chi connectivity index (χ4n) is 3.74. The van der Waals surface area contributed by atoms with Gasteiger partial charge >= 0.3 is 0 Å². The van der Waals surface area contributed by atoms with E-state index in [1.54, 1.807) is 6.92 Å². The summed E-state index contributed by atoms with van der Waals surface area (Å²) in [6.07, 6.45) is 4.99. The van der Waals surface area contributed by atoms with Crippen molar-refractivity contribution in [2.75, 3.05) is 13.1 Å². The lowest BCUT2D eigenvalue weighted by molar-refractivity contribution is -0.119. The van der Waals surface area contributed by atoms with Crippen LogP contribution in [0.1, 0.15) is 41.9 Å². The lowest BCUT2D eigenvalue weighted by atomic mass is 9.97. The number of hydrogen-bond donors (Lipinski definition) is 0. The van der Waals surface area contributed by atoms with Crippen molar-refractivity contribution in [3.05, 3.63) is 60.0 Å². The van der Waals surface area contributed by atoms with Gasteiger partial charge in [-0.3, -0.25) is 9.59 Å². The van der Waals surface area contributed by atoms with E-state index in [1.165, 1.54) is 0 Å². The van der Waals surface area contributed by atoms with Crippen LogP contribution in [0.3, 0.4) is 0 Å². The summed E-state index contributed by atoms with van der Waals surface area (Å²) in [5, 5.41) is 0. The summed E-state index contributed by atoms with van der Waals surface area (Å²) in [6.45, 7) is 3.10. The molecule has 132 valence electrons. The van der Waals surface area contributed by atoms with Gasteiger partial charge in [-0.1, -0.05) is 30.3 Å². The van der Waals surface area contributed by atoms with E-state index in [0.29, 0.717) is 12.1 Å². The van der Waals surface area contributed by atoms with Crippen molar-refractivity contribution in [2.45, 2.75) is 25.7 Å². The first-order valence-corrected chi connectivity index (χ1v) is 8.95. The summed E-state index contributed by atoms with van der Waals surface area (Å²) in [5.74, 6) is 1.29. The fourth-order valence-corrected chi connectivity index (χ4v) is 3.74. The molecule has 0 spiro atoms. The Labute approximate surface area is 152 Å². The van der Waals surface area contributed by atoms with Crippen LogP contribution in [0.4, 0.5) is 0 Å². The van der Waals surface area contributed by atoms with Crippen molar-refractivity contribution in [1.82, 2.24) is 14.3 Å². The van der Waals surface area contributed by atoms with Gasteiger partial charge in [0.1, 0.15) is 5.82 Å². The number of imidazole rings is 1. The van der Waals surface area contributed by atoms with Crippen LogP contribution in [0.2, 0.25) is 0 Å². The highest BCUT2D eigenvalue weighted by molar-refractivity contribution is 5.94. The second-order valence-corrected chi connectivity index (χ2v) is 6.85. The van der Waals surface area contributed by atoms with Gasteiger partial charge in [-0.25, -0.2) is 4.98 Å². The molecule has 1 amide bonds. The number of carbonyl (C=O) groups is 2. The molecule has 26 heavy (non-hydrogen) atoms. The third kappa shape index (κ3) is 2.90. The van der Waals surface area contributed by atoms with Gasteiger partial charge in [-0.05, 0) is 31.9 Å². The number of carbonyl (C=O) groups excluding carboxylic acids is 2. The van der Waals surface area contributed by atoms with Crippen molar-refractivity contribution < 1.29 is 9.59 Å². The van der Waals surface area contributed by atoms with Gasteiger partial charge in [0.05, 0.1) is 11.2 Å². The molecule has 5 heteroatoms. The van der Waals surface area contributed by atoms with E-state index in [-0.39, 0.29) is 11.7 Å². The van der Waals surface area contributed by atoms with Crippen molar-refractivity contribution in [3.8, 4) is 11.3 Å². The van der Waals surface area contributed by atoms with E-state index in [4.69, 9.17) is 4.98 Å². The number of hydrogen-bond acceptors (Lipinski definition) is 3. The molecule has 1 unspecified atom stereocenters. The van der Waals surface area contributed by atoms with Gasteiger partial charge in [0.25, 0.3) is 0 Å². The minimum absolute atomic E-state index is 0.0584. The molecule has 1 atom stereocenters. The maximum absolute atomic E-state index is 11.5. The molecule has 1 saturated heterocycles. The third-order valence-electron chi connectivity index (χ3n) is 5.11. The van der Waals surface area contributed by atoms with Gasteiger partial charge in [0, 0.05) is 36.3 Å². The molecule has 1 aliphatic rings. The van der Waals surface area contributed by atoms with Crippen molar-refractivity contribution in [3.63, 3.8) is 0 Å². The van der Waals surface area contributed by atoms with Gasteiger partial charge in [-0.15, -0.1) is 0 Å². The number of fused-ring (bicyclic) bond motifs is 1. The molecule has 3 aromatic rings. The first kappa shape index (κ1) is 16.5. The summed E-state index contributed by atoms with van der Waals surface area (Å²) in [7, 11) is 0. The second-order valence-electron chi connectivity index (χ2n) is 6.85. The molecule has 0 aliphatic carbocycles. The number of pyridine rings is 1. The highest BCUT2D eigenvalue weighted by atomic mass is 16.1. The third-order valence-corrected chi connectivity index (χ3v) is 5.11. The Morgan fingerprint density at radius 1 is 1.19 bits per heavy atom. The Kier molecular flexibility index (Phi) is 4.29. The number of benzene rings is 1. The van der Waals surface area contributed by atoms with Gasteiger partial charge in [0.15, 0.2) is 5.78 Å². The SMILES string of the molecule is CC(=O)c1ccc(-c2nc(C3CCCN(C=O)C3)n3ccccc23)cc1. The average Bonchev–Trinajstić information content (AvgIpc) is 3.08. The largest absolute Gasteiger partial charge is 0.345 e. The monoisotopic (exact) mass is 347 g/mol. The smallest absolute Gasteiger partial charge is 0.209 e. The van der Waals surface area contributed by atoms with Crippen LogP contribution in [0, 0.1) is 0 Å². The number of aromatic nitrogens is 2. The fraction of sp³-hybridized carbons (Fsp3) is 0.286. The molecule has 0 bridgehead atoms. The number of likely N-dealkylation sites (tertiary alicyclic amines) is 1. The Morgan fingerprint density at radius 3 is 2.73 bits per heavy atom. The van der Waals surface area contributed by atoms with Gasteiger partial charge < -0.3 is 9.30 Å². The predicted octanol–water partition coefficient (Wildman–Crippen LogP) is 3.54. The van der Waals surface area contributed by atoms with E-state index in [1.807, 2.05) is 47.5 Å². The lowest BCUT2D eigenvalue weighted by Crippen LogP contribution is -2.33. The molecule has 2 aromatic heterocycles. The molecule has 3 heterocycles. The standard InChI is InChI=1S/C21H21N3O2/c1-15(26)16-7-9-17(10-8-16)20-19-6-2-3-12-24(19)21(22-20)18-5-4-11-23(13-18)14-25/h2-3,6-10,12,14,18H,4-5,11,13H2,1H3. The highest BCUT2D eigenvalue weighted by Crippen LogP contribution is 2.31. The number of amides is 1. The molecule has 0 N–H and O–H groups in total. The van der Waals surface area contributed by atoms with Crippen molar-refractivity contribution >= 4 is 17.7 Å². The molecule has 0 saturated carbocycles. The minimum atomic E-state index is 0.0584. The molecule has 1 fully saturated rings. The zero-order valence-electron chi connectivity index (χ0n) is 14.8. The Balaban J connectivity index is 1.79. The molecule has 1 aromatic carbocycles. The molecule has 0 radical (unpaired) electrons. The van der Waals surface area contributed by atoms with Crippen LogP contribution >= 0.6 is 0 Å². The number of rotatable bonds is 4. The Bertz CT molecular complexity index is 959. The molecular formula is C21H21N3O2. The zero-order valence-corrected chi connectivity index (χ0v) is 14.8. The first-order chi connectivity index (χ1) is 12.7. The normalized spacial score (nSPS) is 17.4. The van der Waals surface area contributed by atoms with E-state index in [2.05, 4.69) is 10.5 Å². The van der Waals surface area contributed by atoms with E-state index < -0.39 is 0 Å². The van der Waals surface area contributed by atoms with Gasteiger partial charge in [0.2, 0.25) is 6.41 Å². The van der Waals surface area contributed by atoms with E-state index in [0.717, 1.165) is 48.4 Å². The van der Waals surface area contributed by atoms with Crippen LogP contribution in [-0.2, 0) is 4.79 Å². The number of piperidine rings is 1. The molecular weight excluding hydrogens is 326 g/mol. The van der Waals surface area contributed by atoms with Gasteiger partial charge in [-0.2, -0.15) is 0 Å². The number of ketones is 1. The number of Topliss-reactive ketones (excluding diaryl/α,β-unsaturated/α-hetero) is 1. The summed E-state index contributed by atoms with van der Waals surface area (Å²) in [6, 6.07) is 13.7. The summed E-state index contributed by atoms with van der Waals surface area (Å²) < 4.78 is 2.13. The summed E-state index contributed by atoms with van der Waals surface area (Å²) in [5.41, 5.74) is 3.65. The Morgan fingerprint density at radius 2 is 2.00 bits per heavy atom. The van der Waals surface area contributed by atoms with Crippen LogP contribution in [0.25, 0.3) is 16.8 Å². The lowest BCUT2D eigenvalue weighted by Gasteiger charge is -2.29. The highest BCUT2D eigenvalue weighted by Gasteiger charge is 2.25. The maximum atomic E-state index is 11.5. The van der Waals surface area contributed by atoms with Crippen LogP contribution in [0.5, 0.6) is 0 Å². The van der Waals surface area contributed by atoms with Crippen molar-refractivity contribution in [2.24, 2.45) is 0 Å². The zero-order chi connectivity index (χ0) is 18.1. The maximum Gasteiger partial charge on any atom is 0.209 e. The van der Waals surface area contributed by atoms with Crippen LogP contribution in [0.15, 0.2) is 48.7 Å². The summed E-state index contributed by atoms with van der Waals surface area (Å²) >= 11 is 0. The van der Waals surface area contributed by atoms with Crippen molar-refractivity contribution in [1.29, 1.82) is 0 Å². The summed E-state index contributed by atoms with van der Waals surface area (Å²) in [4.78, 5) is 29.5. The quantitative estimate of drug-likeness (QED) is 0.536. The van der Waals surface area contributed by atoms with E-state index in [9.17, 15) is 9.59 Å². The molecule has 5 nitrogen and oxygen atoms in total. The topological polar surface area (TPSA) is 54.7 Å². The Hall–Kier alpha value is -2.95. The second kappa shape index (κ2) is 6.75. The minimum Gasteiger partial charge on any atom is -0.345 e. The van der Waals surface area contributed by atoms with Crippen LogP contribution < -0.4 is 0 Å². The number of nitrogens with zero attached hydrogens (tertiary/aromatic N) is 3.